The lowest BCUT2D eigenvalue weighted by molar-refractivity contribution is 0.169. The van der Waals surface area contributed by atoms with Crippen molar-refractivity contribution in [2.45, 2.75) is 25.4 Å². The molecule has 1 saturated carbocycles. The predicted octanol–water partition coefficient (Wildman–Crippen LogP) is 2.18. The van der Waals surface area contributed by atoms with Crippen LogP contribution < -0.4 is 4.74 Å². The van der Waals surface area contributed by atoms with Crippen LogP contribution in [0.2, 0.25) is 0 Å². The Morgan fingerprint density at radius 2 is 2.00 bits per heavy atom. The van der Waals surface area contributed by atoms with E-state index in [-0.39, 0.29) is 6.10 Å². The summed E-state index contributed by atoms with van der Waals surface area (Å²) in [5.74, 6) is 1.91. The van der Waals surface area contributed by atoms with E-state index in [0.29, 0.717) is 11.8 Å². The smallest absolute Gasteiger partial charge is 0.118 e. The molecule has 0 saturated heterocycles. The number of aliphatic hydroxyl groups is 1. The summed E-state index contributed by atoms with van der Waals surface area (Å²) in [6.45, 7) is 1.87. The molecule has 0 aromatic heterocycles. The van der Waals surface area contributed by atoms with E-state index in [9.17, 15) is 5.11 Å². The number of benzene rings is 1. The van der Waals surface area contributed by atoms with E-state index in [4.69, 9.17) is 4.74 Å². The number of hydrogen-bond acceptors (Lipinski definition) is 2. The van der Waals surface area contributed by atoms with Crippen LogP contribution in [0.25, 0.3) is 0 Å². The van der Waals surface area contributed by atoms with E-state index in [1.807, 2.05) is 19.1 Å². The van der Waals surface area contributed by atoms with E-state index in [1.165, 1.54) is 5.56 Å². The quantitative estimate of drug-likeness (QED) is 0.795. The SMILES string of the molecule is COc1ccc(C2CC2C(C)O)cc1. The monoisotopic (exact) mass is 192 g/mol. The second-order valence-corrected chi connectivity index (χ2v) is 4.02. The molecule has 1 fully saturated rings. The highest BCUT2D eigenvalue weighted by molar-refractivity contribution is 5.32. The van der Waals surface area contributed by atoms with Gasteiger partial charge in [0.2, 0.25) is 0 Å². The van der Waals surface area contributed by atoms with Crippen molar-refractivity contribution in [2.75, 3.05) is 7.11 Å². The van der Waals surface area contributed by atoms with Crippen LogP contribution in [0.3, 0.4) is 0 Å². The molecule has 1 N–H and O–H groups in total. The highest BCUT2D eigenvalue weighted by atomic mass is 16.5. The lowest BCUT2D eigenvalue weighted by atomic mass is 10.1. The topological polar surface area (TPSA) is 29.5 Å². The summed E-state index contributed by atoms with van der Waals surface area (Å²) in [7, 11) is 1.67. The zero-order valence-corrected chi connectivity index (χ0v) is 8.60. The molecule has 3 unspecified atom stereocenters. The first-order valence-corrected chi connectivity index (χ1v) is 5.04. The molecular formula is C12H16O2. The first-order valence-electron chi connectivity index (χ1n) is 5.04. The third kappa shape index (κ3) is 1.75. The van der Waals surface area contributed by atoms with Crippen LogP contribution in [0.4, 0.5) is 0 Å². The minimum absolute atomic E-state index is 0.179. The summed E-state index contributed by atoms with van der Waals surface area (Å²) in [5, 5.41) is 9.40. The van der Waals surface area contributed by atoms with Crippen molar-refractivity contribution in [1.29, 1.82) is 0 Å². The molecule has 14 heavy (non-hydrogen) atoms. The Balaban J connectivity index is 2.05. The zero-order chi connectivity index (χ0) is 10.1. The lowest BCUT2D eigenvalue weighted by Gasteiger charge is -2.04. The van der Waals surface area contributed by atoms with Crippen LogP contribution in [0, 0.1) is 5.92 Å². The first-order chi connectivity index (χ1) is 6.72. The standard InChI is InChI=1S/C12H16O2/c1-8(13)11-7-12(11)9-3-5-10(14-2)6-4-9/h3-6,8,11-13H,7H2,1-2H3. The molecule has 2 rings (SSSR count). The van der Waals surface area contributed by atoms with E-state index in [0.717, 1.165) is 12.2 Å². The van der Waals surface area contributed by atoms with Crippen molar-refractivity contribution < 1.29 is 9.84 Å². The summed E-state index contributed by atoms with van der Waals surface area (Å²) < 4.78 is 5.09. The maximum atomic E-state index is 9.40. The third-order valence-corrected chi connectivity index (χ3v) is 3.00. The van der Waals surface area contributed by atoms with E-state index >= 15 is 0 Å². The average molecular weight is 192 g/mol. The van der Waals surface area contributed by atoms with Crippen LogP contribution >= 0.6 is 0 Å². The molecular weight excluding hydrogens is 176 g/mol. The highest BCUT2D eigenvalue weighted by Gasteiger charge is 2.41. The van der Waals surface area contributed by atoms with Gasteiger partial charge in [0, 0.05) is 0 Å². The minimum Gasteiger partial charge on any atom is -0.497 e. The van der Waals surface area contributed by atoms with E-state index in [2.05, 4.69) is 12.1 Å². The Hall–Kier alpha value is -1.02. The molecule has 2 heteroatoms. The normalized spacial score (nSPS) is 27.1. The molecule has 0 spiro atoms. The van der Waals surface area contributed by atoms with Gasteiger partial charge in [0.25, 0.3) is 0 Å². The molecule has 0 bridgehead atoms. The third-order valence-electron chi connectivity index (χ3n) is 3.00. The summed E-state index contributed by atoms with van der Waals surface area (Å²) in [4.78, 5) is 0. The predicted molar refractivity (Wildman–Crippen MR) is 55.5 cm³/mol. The van der Waals surface area contributed by atoms with Crippen LogP contribution in [0.15, 0.2) is 24.3 Å². The molecule has 1 aliphatic rings. The fourth-order valence-corrected chi connectivity index (χ4v) is 1.98. The molecule has 0 amide bonds. The Morgan fingerprint density at radius 3 is 2.43 bits per heavy atom. The van der Waals surface area contributed by atoms with Crippen LogP contribution in [0.5, 0.6) is 5.75 Å². The van der Waals surface area contributed by atoms with Gasteiger partial charge in [-0.1, -0.05) is 12.1 Å². The van der Waals surface area contributed by atoms with Crippen LogP contribution in [-0.2, 0) is 0 Å². The van der Waals surface area contributed by atoms with Crippen molar-refractivity contribution in [3.63, 3.8) is 0 Å². The summed E-state index contributed by atoms with van der Waals surface area (Å²) in [6.07, 6.45) is 0.936. The number of methoxy groups -OCH3 is 1. The second kappa shape index (κ2) is 3.62. The second-order valence-electron chi connectivity index (χ2n) is 4.02. The molecule has 3 atom stereocenters. The molecule has 0 aliphatic heterocycles. The van der Waals surface area contributed by atoms with Crippen molar-refractivity contribution in [2.24, 2.45) is 5.92 Å². The van der Waals surface area contributed by atoms with Gasteiger partial charge in [-0.15, -0.1) is 0 Å². The Labute approximate surface area is 84.5 Å². The number of rotatable bonds is 3. The van der Waals surface area contributed by atoms with Gasteiger partial charge in [-0.3, -0.25) is 0 Å². The Bertz CT molecular complexity index is 303. The van der Waals surface area contributed by atoms with Crippen molar-refractivity contribution in [3.8, 4) is 5.75 Å². The fraction of sp³-hybridized carbons (Fsp3) is 0.500. The van der Waals surface area contributed by atoms with Crippen LogP contribution in [0.1, 0.15) is 24.8 Å². The fourth-order valence-electron chi connectivity index (χ4n) is 1.98. The van der Waals surface area contributed by atoms with Crippen molar-refractivity contribution >= 4 is 0 Å². The van der Waals surface area contributed by atoms with Gasteiger partial charge in [-0.05, 0) is 42.9 Å². The summed E-state index contributed by atoms with van der Waals surface area (Å²) in [6, 6.07) is 8.14. The zero-order valence-electron chi connectivity index (χ0n) is 8.60. The molecule has 0 heterocycles. The summed E-state index contributed by atoms with van der Waals surface area (Å²) in [5.41, 5.74) is 1.32. The summed E-state index contributed by atoms with van der Waals surface area (Å²) >= 11 is 0. The Morgan fingerprint density at radius 1 is 1.36 bits per heavy atom. The maximum absolute atomic E-state index is 9.40. The van der Waals surface area contributed by atoms with E-state index in [1.54, 1.807) is 7.11 Å². The first kappa shape index (κ1) is 9.53. The van der Waals surface area contributed by atoms with Gasteiger partial charge < -0.3 is 9.84 Å². The molecule has 1 aromatic carbocycles. The highest BCUT2D eigenvalue weighted by Crippen LogP contribution is 2.49. The van der Waals surface area contributed by atoms with Gasteiger partial charge in [-0.2, -0.15) is 0 Å². The minimum atomic E-state index is -0.179. The Kier molecular flexibility index (Phi) is 2.46. The van der Waals surface area contributed by atoms with Crippen molar-refractivity contribution in [1.82, 2.24) is 0 Å². The lowest BCUT2D eigenvalue weighted by Crippen LogP contribution is -2.03. The number of ether oxygens (including phenoxy) is 1. The van der Waals surface area contributed by atoms with Gasteiger partial charge in [0.15, 0.2) is 0 Å². The molecule has 2 nitrogen and oxygen atoms in total. The molecule has 1 aromatic rings. The molecule has 76 valence electrons. The maximum Gasteiger partial charge on any atom is 0.118 e. The van der Waals surface area contributed by atoms with Gasteiger partial charge in [-0.25, -0.2) is 0 Å². The van der Waals surface area contributed by atoms with Crippen molar-refractivity contribution in [3.05, 3.63) is 29.8 Å². The molecule has 0 radical (unpaired) electrons. The van der Waals surface area contributed by atoms with Crippen LogP contribution in [-0.4, -0.2) is 18.3 Å². The van der Waals surface area contributed by atoms with E-state index < -0.39 is 0 Å². The molecule has 1 aliphatic carbocycles. The van der Waals surface area contributed by atoms with Gasteiger partial charge in [0.05, 0.1) is 13.2 Å². The largest absolute Gasteiger partial charge is 0.497 e. The van der Waals surface area contributed by atoms with Gasteiger partial charge in [0.1, 0.15) is 5.75 Å². The van der Waals surface area contributed by atoms with Gasteiger partial charge >= 0.3 is 0 Å². The average Bonchev–Trinajstić information content (AvgIpc) is 2.97. The number of hydrogen-bond donors (Lipinski definition) is 1. The number of aliphatic hydroxyl groups excluding tert-OH is 1.